The predicted octanol–water partition coefficient (Wildman–Crippen LogP) is 1.05. The number of benzene rings is 1. The van der Waals surface area contributed by atoms with Crippen molar-refractivity contribution >= 4 is 11.9 Å². The third kappa shape index (κ3) is 2.51. The Bertz CT molecular complexity index is 504. The fourth-order valence-electron chi connectivity index (χ4n) is 1.78. The van der Waals surface area contributed by atoms with Gasteiger partial charge in [0, 0.05) is 12.6 Å². The van der Waals surface area contributed by atoms with Gasteiger partial charge in [-0.3, -0.25) is 4.79 Å². The SMILES string of the molecule is COc1ccc(CN2CC(C(=O)O)=CC2=O)cc1. The van der Waals surface area contributed by atoms with E-state index in [-0.39, 0.29) is 18.0 Å². The summed E-state index contributed by atoms with van der Waals surface area (Å²) in [6, 6.07) is 7.32. The molecule has 0 bridgehead atoms. The molecule has 1 aliphatic heterocycles. The summed E-state index contributed by atoms with van der Waals surface area (Å²) in [6.45, 7) is 0.552. The van der Waals surface area contributed by atoms with Gasteiger partial charge in [-0.1, -0.05) is 12.1 Å². The van der Waals surface area contributed by atoms with Crippen LogP contribution in [0, 0.1) is 0 Å². The number of ether oxygens (including phenoxy) is 1. The summed E-state index contributed by atoms with van der Waals surface area (Å²) >= 11 is 0. The van der Waals surface area contributed by atoms with Crippen molar-refractivity contribution in [1.29, 1.82) is 0 Å². The molecular formula is C13H13NO4. The second-order valence-corrected chi connectivity index (χ2v) is 4.02. The first-order valence-electron chi connectivity index (χ1n) is 5.46. The minimum absolute atomic E-state index is 0.133. The lowest BCUT2D eigenvalue weighted by molar-refractivity contribution is -0.132. The van der Waals surface area contributed by atoms with Gasteiger partial charge in [-0.2, -0.15) is 0 Å². The van der Waals surface area contributed by atoms with Crippen LogP contribution in [0.1, 0.15) is 5.56 Å². The average molecular weight is 247 g/mol. The molecule has 0 fully saturated rings. The van der Waals surface area contributed by atoms with Gasteiger partial charge in [-0.05, 0) is 17.7 Å². The molecule has 94 valence electrons. The molecule has 0 aliphatic carbocycles. The Balaban J connectivity index is 2.03. The van der Waals surface area contributed by atoms with Gasteiger partial charge in [0.05, 0.1) is 19.2 Å². The van der Waals surface area contributed by atoms with Gasteiger partial charge >= 0.3 is 5.97 Å². The number of rotatable bonds is 4. The monoisotopic (exact) mass is 247 g/mol. The molecule has 18 heavy (non-hydrogen) atoms. The molecule has 2 rings (SSSR count). The summed E-state index contributed by atoms with van der Waals surface area (Å²) < 4.78 is 5.04. The highest BCUT2D eigenvalue weighted by Crippen LogP contribution is 2.17. The number of amides is 1. The van der Waals surface area contributed by atoms with E-state index in [1.54, 1.807) is 19.2 Å². The quantitative estimate of drug-likeness (QED) is 0.863. The molecule has 1 aromatic rings. The van der Waals surface area contributed by atoms with Crippen molar-refractivity contribution in [1.82, 2.24) is 4.90 Å². The number of aliphatic carboxylic acids is 1. The first-order chi connectivity index (χ1) is 8.60. The van der Waals surface area contributed by atoms with Gasteiger partial charge in [0.2, 0.25) is 5.91 Å². The Morgan fingerprint density at radius 3 is 2.56 bits per heavy atom. The average Bonchev–Trinajstić information content (AvgIpc) is 2.72. The molecule has 0 radical (unpaired) electrons. The number of carboxylic acids is 1. The second-order valence-electron chi connectivity index (χ2n) is 4.02. The van der Waals surface area contributed by atoms with Crippen LogP contribution in [0.5, 0.6) is 5.75 Å². The van der Waals surface area contributed by atoms with E-state index < -0.39 is 5.97 Å². The van der Waals surface area contributed by atoms with Crippen LogP contribution >= 0.6 is 0 Å². The van der Waals surface area contributed by atoms with Crippen LogP contribution in [0.15, 0.2) is 35.9 Å². The van der Waals surface area contributed by atoms with Crippen molar-refractivity contribution in [2.24, 2.45) is 0 Å². The van der Waals surface area contributed by atoms with Crippen molar-refractivity contribution in [3.05, 3.63) is 41.5 Å². The Morgan fingerprint density at radius 1 is 1.39 bits per heavy atom. The van der Waals surface area contributed by atoms with Crippen LogP contribution < -0.4 is 4.74 Å². The Kier molecular flexibility index (Phi) is 3.32. The second kappa shape index (κ2) is 4.91. The number of nitrogens with zero attached hydrogens (tertiary/aromatic N) is 1. The summed E-state index contributed by atoms with van der Waals surface area (Å²) in [7, 11) is 1.59. The van der Waals surface area contributed by atoms with Crippen molar-refractivity contribution in [2.75, 3.05) is 13.7 Å². The maximum atomic E-state index is 11.6. The summed E-state index contributed by atoms with van der Waals surface area (Å²) in [5.74, 6) is -0.556. The highest BCUT2D eigenvalue weighted by Gasteiger charge is 2.25. The van der Waals surface area contributed by atoms with Crippen molar-refractivity contribution in [2.45, 2.75) is 6.54 Å². The fourth-order valence-corrected chi connectivity index (χ4v) is 1.78. The number of carboxylic acid groups (broad SMARTS) is 1. The lowest BCUT2D eigenvalue weighted by Crippen LogP contribution is -2.26. The van der Waals surface area contributed by atoms with E-state index in [0.29, 0.717) is 6.54 Å². The van der Waals surface area contributed by atoms with Crippen molar-refractivity contribution in [3.8, 4) is 5.75 Å². The molecule has 5 nitrogen and oxygen atoms in total. The van der Waals surface area contributed by atoms with Gasteiger partial charge in [0.25, 0.3) is 0 Å². The molecule has 1 heterocycles. The van der Waals surface area contributed by atoms with E-state index in [1.165, 1.54) is 11.0 Å². The first kappa shape index (κ1) is 12.2. The van der Waals surface area contributed by atoms with Crippen LogP contribution in [0.3, 0.4) is 0 Å². The third-order valence-corrected chi connectivity index (χ3v) is 2.78. The summed E-state index contributed by atoms with van der Waals surface area (Å²) in [4.78, 5) is 23.8. The largest absolute Gasteiger partial charge is 0.497 e. The molecular weight excluding hydrogens is 234 g/mol. The number of hydrogen-bond acceptors (Lipinski definition) is 3. The maximum Gasteiger partial charge on any atom is 0.333 e. The topological polar surface area (TPSA) is 66.8 Å². The number of methoxy groups -OCH3 is 1. The molecule has 0 unspecified atom stereocenters. The molecule has 0 atom stereocenters. The molecule has 1 amide bonds. The van der Waals surface area contributed by atoms with Crippen molar-refractivity contribution in [3.63, 3.8) is 0 Å². The van der Waals surface area contributed by atoms with Crippen LogP contribution in [0.4, 0.5) is 0 Å². The number of carbonyl (C=O) groups excluding carboxylic acids is 1. The van der Waals surface area contributed by atoms with Crippen LogP contribution in [0.2, 0.25) is 0 Å². The van der Waals surface area contributed by atoms with Gasteiger partial charge < -0.3 is 14.7 Å². The van der Waals surface area contributed by atoms with E-state index >= 15 is 0 Å². The molecule has 0 aromatic heterocycles. The molecule has 0 saturated carbocycles. The smallest absolute Gasteiger partial charge is 0.333 e. The summed E-state index contributed by atoms with van der Waals surface area (Å²) in [5.41, 5.74) is 1.07. The zero-order valence-corrected chi connectivity index (χ0v) is 9.92. The van der Waals surface area contributed by atoms with Gasteiger partial charge in [-0.25, -0.2) is 4.79 Å². The maximum absolute atomic E-state index is 11.6. The van der Waals surface area contributed by atoms with Crippen molar-refractivity contribution < 1.29 is 19.4 Å². The van der Waals surface area contributed by atoms with E-state index in [0.717, 1.165) is 11.3 Å². The molecule has 0 spiro atoms. The van der Waals surface area contributed by atoms with Gasteiger partial charge in [0.15, 0.2) is 0 Å². The Morgan fingerprint density at radius 2 is 2.06 bits per heavy atom. The third-order valence-electron chi connectivity index (χ3n) is 2.78. The standard InChI is InChI=1S/C13H13NO4/c1-18-11-4-2-9(3-5-11)7-14-8-10(13(16)17)6-12(14)15/h2-6H,7-8H2,1H3,(H,16,17). The lowest BCUT2D eigenvalue weighted by atomic mass is 10.2. The highest BCUT2D eigenvalue weighted by molar-refractivity contribution is 6.01. The van der Waals surface area contributed by atoms with E-state index in [2.05, 4.69) is 0 Å². The zero-order valence-electron chi connectivity index (χ0n) is 9.92. The zero-order chi connectivity index (χ0) is 13.1. The highest BCUT2D eigenvalue weighted by atomic mass is 16.5. The fraction of sp³-hybridized carbons (Fsp3) is 0.231. The molecule has 1 aliphatic rings. The summed E-state index contributed by atoms with van der Waals surface area (Å²) in [5, 5.41) is 8.82. The molecule has 5 heteroatoms. The van der Waals surface area contributed by atoms with E-state index in [9.17, 15) is 9.59 Å². The minimum Gasteiger partial charge on any atom is -0.497 e. The molecule has 0 saturated heterocycles. The minimum atomic E-state index is -1.04. The van der Waals surface area contributed by atoms with Gasteiger partial charge in [0.1, 0.15) is 5.75 Å². The Hall–Kier alpha value is -2.30. The number of carbonyl (C=O) groups is 2. The van der Waals surface area contributed by atoms with Crippen LogP contribution in [-0.2, 0) is 16.1 Å². The van der Waals surface area contributed by atoms with Crippen LogP contribution in [-0.4, -0.2) is 35.5 Å². The van der Waals surface area contributed by atoms with Crippen LogP contribution in [0.25, 0.3) is 0 Å². The lowest BCUT2D eigenvalue weighted by Gasteiger charge is -2.16. The number of hydrogen-bond donors (Lipinski definition) is 1. The Labute approximate surface area is 104 Å². The van der Waals surface area contributed by atoms with E-state index in [4.69, 9.17) is 9.84 Å². The normalized spacial score (nSPS) is 14.6. The summed E-state index contributed by atoms with van der Waals surface area (Å²) in [6.07, 6.45) is 1.17. The predicted molar refractivity (Wildman–Crippen MR) is 64.1 cm³/mol. The van der Waals surface area contributed by atoms with E-state index in [1.807, 2.05) is 12.1 Å². The molecule has 1 aromatic carbocycles. The van der Waals surface area contributed by atoms with Gasteiger partial charge in [-0.15, -0.1) is 0 Å². The first-order valence-corrected chi connectivity index (χ1v) is 5.46. The molecule has 1 N–H and O–H groups in total.